The van der Waals surface area contributed by atoms with Gasteiger partial charge in [0.25, 0.3) is 0 Å². The summed E-state index contributed by atoms with van der Waals surface area (Å²) in [4.78, 5) is 9.50. The summed E-state index contributed by atoms with van der Waals surface area (Å²) in [5.41, 5.74) is 7.65. The number of hydrogen-bond donors (Lipinski definition) is 0. The summed E-state index contributed by atoms with van der Waals surface area (Å²) in [5, 5.41) is 0.515. The van der Waals surface area contributed by atoms with Crippen LogP contribution in [0.3, 0.4) is 0 Å². The number of aromatic nitrogens is 1. The van der Waals surface area contributed by atoms with Crippen LogP contribution >= 0.6 is 30.7 Å². The first-order valence-electron chi connectivity index (χ1n) is 13.7. The van der Waals surface area contributed by atoms with Crippen LogP contribution in [0.5, 0.6) is 0 Å². The predicted octanol–water partition coefficient (Wildman–Crippen LogP) is 9.43. The van der Waals surface area contributed by atoms with E-state index in [1.165, 1.54) is 33.6 Å². The Bertz CT molecular complexity index is 1270. The molecule has 3 nitrogen and oxygen atoms in total. The van der Waals surface area contributed by atoms with E-state index in [2.05, 4.69) is 107 Å². The van der Waals surface area contributed by atoms with E-state index < -0.39 is 13.0 Å². The second kappa shape index (κ2) is 12.2. The molecule has 4 rings (SSSR count). The van der Waals surface area contributed by atoms with Crippen LogP contribution in [0.4, 0.5) is 11.4 Å². The van der Waals surface area contributed by atoms with Crippen molar-refractivity contribution in [2.45, 2.75) is 79.1 Å². The van der Waals surface area contributed by atoms with Gasteiger partial charge in [0.15, 0.2) is 0 Å². The second-order valence-corrected chi connectivity index (χ2v) is 19.9. The summed E-state index contributed by atoms with van der Waals surface area (Å²) in [5.74, 6) is 1.35. The topological polar surface area (TPSA) is 19.4 Å². The summed E-state index contributed by atoms with van der Waals surface area (Å²) in [6.45, 7) is 19.6. The van der Waals surface area contributed by atoms with Crippen LogP contribution in [0.2, 0.25) is 5.02 Å². The van der Waals surface area contributed by atoms with Crippen molar-refractivity contribution >= 4 is 50.4 Å². The second-order valence-electron chi connectivity index (χ2n) is 11.3. The van der Waals surface area contributed by atoms with Crippen molar-refractivity contribution in [2.24, 2.45) is 0 Å². The Kier molecular flexibility index (Phi) is 9.57. The number of anilines is 2. The number of nitrogens with zero attached hydrogens (tertiary/aromatic N) is 3. The van der Waals surface area contributed by atoms with Crippen LogP contribution in [0, 0.1) is 0 Å². The van der Waals surface area contributed by atoms with Crippen molar-refractivity contribution in [3.05, 3.63) is 82.0 Å². The Labute approximate surface area is 251 Å². The fourth-order valence-electron chi connectivity index (χ4n) is 5.34. The third kappa shape index (κ3) is 5.84. The fourth-order valence-corrected chi connectivity index (χ4v) is 12.1. The minimum atomic E-state index is -3.60. The molecule has 1 aromatic heterocycles. The zero-order chi connectivity index (χ0) is 28.6. The van der Waals surface area contributed by atoms with Crippen molar-refractivity contribution in [1.82, 2.24) is 4.98 Å². The van der Waals surface area contributed by atoms with E-state index in [0.29, 0.717) is 32.9 Å². The van der Waals surface area contributed by atoms with Gasteiger partial charge in [-0.15, -0.1) is 0 Å². The van der Waals surface area contributed by atoms with Gasteiger partial charge in [0, 0.05) is 0 Å². The van der Waals surface area contributed by atoms with Gasteiger partial charge in [-0.05, 0) is 0 Å². The average molecular weight is 680 g/mol. The Morgan fingerprint density at radius 2 is 1.03 bits per heavy atom. The molecule has 0 spiro atoms. The molecule has 3 aromatic rings. The van der Waals surface area contributed by atoms with Gasteiger partial charge in [0.2, 0.25) is 0 Å². The molecule has 1 saturated heterocycles. The van der Waals surface area contributed by atoms with Crippen LogP contribution in [0.1, 0.15) is 101 Å². The molecular formula is C32H41Cl3N3Pd-3. The van der Waals surface area contributed by atoms with Gasteiger partial charge in [0.1, 0.15) is 0 Å². The normalized spacial score (nSPS) is 15.0. The Hall–Kier alpha value is -1.41. The number of hydrogen-bond acceptors (Lipinski definition) is 3. The van der Waals surface area contributed by atoms with Crippen LogP contribution in [0.25, 0.3) is 0 Å². The first-order chi connectivity index (χ1) is 18.4. The summed E-state index contributed by atoms with van der Waals surface area (Å²) >= 11 is 3.16. The molecule has 218 valence electrons. The first-order valence-corrected chi connectivity index (χ1v) is 19.7. The Morgan fingerprint density at radius 1 is 0.641 bits per heavy atom. The Morgan fingerprint density at radius 3 is 1.36 bits per heavy atom. The van der Waals surface area contributed by atoms with Gasteiger partial charge in [-0.1, -0.05) is 0 Å². The SMILES string of the molecule is CC(C)c1cccc(C(C)C)c1N1CCN(c2c(C(C)C)cccc2C(C)C)[C]1=[Pd-3]([Cl])([Cl])[c]1ncccc1Cl. The standard InChI is InChI=1S/C27H38N2.C5H3ClN.2ClH.Pd/c1-18(2)22-11-9-12-23(19(3)4)26(22)28-15-16-29(17-28)27-24(20(5)6)13-10-14-25(27)21(7)8;6-5-2-1-3-7-4-5;;;/h9-14,18-21H,15-16H2,1-8H3;1-3H;2*1H;/q;;;;-1/p-2. The van der Waals surface area contributed by atoms with Gasteiger partial charge < -0.3 is 0 Å². The molecule has 2 heterocycles. The number of rotatable bonds is 7. The van der Waals surface area contributed by atoms with E-state index in [1.807, 2.05) is 12.1 Å². The van der Waals surface area contributed by atoms with Gasteiger partial charge in [-0.3, -0.25) is 0 Å². The van der Waals surface area contributed by atoms with Gasteiger partial charge in [-0.25, -0.2) is 0 Å². The molecular weight excluding hydrogens is 639 g/mol. The molecule has 39 heavy (non-hydrogen) atoms. The number of pyridine rings is 1. The minimum absolute atomic E-state index is 0.338. The maximum atomic E-state index is 7.64. The molecule has 0 radical (unpaired) electrons. The van der Waals surface area contributed by atoms with Crippen molar-refractivity contribution < 1.29 is 13.0 Å². The van der Waals surface area contributed by atoms with E-state index in [9.17, 15) is 0 Å². The van der Waals surface area contributed by atoms with Crippen molar-refractivity contribution in [3.63, 3.8) is 0 Å². The molecule has 0 amide bonds. The summed E-state index contributed by atoms with van der Waals surface area (Å²) in [7, 11) is 15.3. The molecule has 0 N–H and O–H groups in total. The van der Waals surface area contributed by atoms with E-state index in [4.69, 9.17) is 30.7 Å². The van der Waals surface area contributed by atoms with E-state index in [0.717, 1.165) is 17.3 Å². The fraction of sp³-hybridized carbons (Fsp3) is 0.438. The maximum absolute atomic E-state index is 7.64. The van der Waals surface area contributed by atoms with E-state index >= 15 is 0 Å². The molecule has 1 fully saturated rings. The number of benzene rings is 2. The predicted molar refractivity (Wildman–Crippen MR) is 170 cm³/mol. The van der Waals surface area contributed by atoms with Gasteiger partial charge in [0.05, 0.1) is 0 Å². The quantitative estimate of drug-likeness (QED) is 0.232. The summed E-state index contributed by atoms with van der Waals surface area (Å²) in [6.07, 6.45) is 1.74. The van der Waals surface area contributed by atoms with Crippen LogP contribution < -0.4 is 14.0 Å². The summed E-state index contributed by atoms with van der Waals surface area (Å²) in [6, 6.07) is 17.0. The third-order valence-electron chi connectivity index (χ3n) is 7.24. The van der Waals surface area contributed by atoms with Crippen LogP contribution in [-0.2, 0) is 13.0 Å². The molecule has 1 aliphatic heterocycles. The molecule has 0 saturated carbocycles. The van der Waals surface area contributed by atoms with E-state index in [1.54, 1.807) is 6.20 Å². The van der Waals surface area contributed by atoms with Crippen molar-refractivity contribution in [2.75, 3.05) is 22.9 Å². The number of para-hydroxylation sites is 2. The molecule has 1 aliphatic rings. The van der Waals surface area contributed by atoms with E-state index in [-0.39, 0.29) is 0 Å². The molecule has 0 aliphatic carbocycles. The van der Waals surface area contributed by atoms with Crippen LogP contribution in [-0.4, -0.2) is 22.3 Å². The molecule has 7 heteroatoms. The van der Waals surface area contributed by atoms with Crippen LogP contribution in [0.15, 0.2) is 54.7 Å². The molecule has 2 aromatic carbocycles. The zero-order valence-corrected chi connectivity index (χ0v) is 28.0. The van der Waals surface area contributed by atoms with Crippen molar-refractivity contribution in [1.29, 1.82) is 0 Å². The average Bonchev–Trinajstić information content (AvgIpc) is 3.33. The first kappa shape index (κ1) is 30.5. The Balaban J connectivity index is 2.13. The number of halogens is 3. The molecule has 0 bridgehead atoms. The summed E-state index contributed by atoms with van der Waals surface area (Å²) < 4.78 is 1.54. The molecule has 0 unspecified atom stereocenters. The van der Waals surface area contributed by atoms with Gasteiger partial charge >= 0.3 is 252 Å². The molecule has 0 atom stereocenters. The van der Waals surface area contributed by atoms with Crippen molar-refractivity contribution in [3.8, 4) is 0 Å². The third-order valence-corrected chi connectivity index (χ3v) is 13.6. The monoisotopic (exact) mass is 678 g/mol. The van der Waals surface area contributed by atoms with Gasteiger partial charge in [-0.2, -0.15) is 0 Å². The zero-order valence-electron chi connectivity index (χ0n) is 24.2.